The van der Waals surface area contributed by atoms with E-state index in [1.54, 1.807) is 18.2 Å². The maximum atomic E-state index is 11.2. The molecule has 84 valence electrons. The molecule has 5 heteroatoms. The van der Waals surface area contributed by atoms with Gasteiger partial charge in [0.25, 0.3) is 5.56 Å². The molecule has 5 nitrogen and oxygen atoms in total. The number of para-hydroxylation sites is 1. The third kappa shape index (κ3) is 2.49. The number of aromatic nitrogens is 2. The minimum atomic E-state index is -0.231. The number of nitrogens with one attached hydrogen (secondary N) is 1. The van der Waals surface area contributed by atoms with Crippen molar-refractivity contribution < 1.29 is 4.74 Å². The van der Waals surface area contributed by atoms with Gasteiger partial charge in [-0.15, -0.1) is 0 Å². The highest BCUT2D eigenvalue weighted by Gasteiger charge is 2.07. The van der Waals surface area contributed by atoms with E-state index in [4.69, 9.17) is 10.00 Å². The zero-order valence-corrected chi connectivity index (χ0v) is 8.88. The van der Waals surface area contributed by atoms with Crippen molar-refractivity contribution in [2.75, 3.05) is 6.61 Å². The zero-order valence-electron chi connectivity index (χ0n) is 8.88. The van der Waals surface area contributed by atoms with Gasteiger partial charge in [0, 0.05) is 12.3 Å². The minimum absolute atomic E-state index is 0.0475. The first-order valence-electron chi connectivity index (χ1n) is 4.96. The molecule has 0 saturated carbocycles. The molecule has 17 heavy (non-hydrogen) atoms. The van der Waals surface area contributed by atoms with Crippen LogP contribution in [0.3, 0.4) is 0 Å². The summed E-state index contributed by atoms with van der Waals surface area (Å²) >= 11 is 0. The Morgan fingerprint density at radius 1 is 1.35 bits per heavy atom. The molecule has 1 N–H and O–H groups in total. The second-order valence-corrected chi connectivity index (χ2v) is 3.23. The fourth-order valence-corrected chi connectivity index (χ4v) is 1.41. The summed E-state index contributed by atoms with van der Waals surface area (Å²) < 4.78 is 5.26. The summed E-state index contributed by atoms with van der Waals surface area (Å²) in [7, 11) is 0. The summed E-state index contributed by atoms with van der Waals surface area (Å²) in [6.45, 7) is -0.0475. The van der Waals surface area contributed by atoms with Crippen LogP contribution in [0.1, 0.15) is 0 Å². The highest BCUT2D eigenvalue weighted by Crippen LogP contribution is 2.25. The van der Waals surface area contributed by atoms with Gasteiger partial charge in [0.2, 0.25) is 0 Å². The normalized spacial score (nSPS) is 9.59. The SMILES string of the molecule is N#CCOc1ccccc1-c1nccc(=O)[nH]1. The first-order chi connectivity index (χ1) is 8.31. The van der Waals surface area contributed by atoms with E-state index in [2.05, 4.69) is 9.97 Å². The molecule has 1 aromatic carbocycles. The van der Waals surface area contributed by atoms with Crippen molar-refractivity contribution >= 4 is 0 Å². The number of nitriles is 1. The molecular formula is C12H9N3O2. The van der Waals surface area contributed by atoms with Gasteiger partial charge in [0.1, 0.15) is 17.6 Å². The Morgan fingerprint density at radius 3 is 2.94 bits per heavy atom. The van der Waals surface area contributed by atoms with Crippen molar-refractivity contribution in [2.45, 2.75) is 0 Å². The van der Waals surface area contributed by atoms with Crippen molar-refractivity contribution in [1.29, 1.82) is 5.26 Å². The summed E-state index contributed by atoms with van der Waals surface area (Å²) in [6.07, 6.45) is 1.43. The Hall–Kier alpha value is -2.61. The van der Waals surface area contributed by atoms with Crippen LogP contribution in [0, 0.1) is 11.3 Å². The highest BCUT2D eigenvalue weighted by atomic mass is 16.5. The number of aromatic amines is 1. The maximum absolute atomic E-state index is 11.2. The molecule has 0 aliphatic rings. The zero-order chi connectivity index (χ0) is 12.1. The predicted molar refractivity (Wildman–Crippen MR) is 61.4 cm³/mol. The van der Waals surface area contributed by atoms with Gasteiger partial charge in [-0.2, -0.15) is 5.26 Å². The standard InChI is InChI=1S/C12H9N3O2/c13-6-8-17-10-4-2-1-3-9(10)12-14-7-5-11(16)15-12/h1-5,7H,8H2,(H,14,15,16). The van der Waals surface area contributed by atoms with E-state index in [1.165, 1.54) is 12.3 Å². The lowest BCUT2D eigenvalue weighted by Crippen LogP contribution is -2.06. The third-order valence-corrected chi connectivity index (χ3v) is 2.11. The Balaban J connectivity index is 2.45. The molecule has 0 unspecified atom stereocenters. The van der Waals surface area contributed by atoms with E-state index in [0.717, 1.165) is 0 Å². The fraction of sp³-hybridized carbons (Fsp3) is 0.0833. The molecule has 1 heterocycles. The highest BCUT2D eigenvalue weighted by molar-refractivity contribution is 5.63. The number of ether oxygens (including phenoxy) is 1. The van der Waals surface area contributed by atoms with Crippen LogP contribution in [0.2, 0.25) is 0 Å². The lowest BCUT2D eigenvalue weighted by atomic mass is 10.2. The molecule has 0 fully saturated rings. The summed E-state index contributed by atoms with van der Waals surface area (Å²) in [5.74, 6) is 0.939. The van der Waals surface area contributed by atoms with Gasteiger partial charge in [-0.3, -0.25) is 4.79 Å². The van der Waals surface area contributed by atoms with Crippen LogP contribution >= 0.6 is 0 Å². The molecule has 0 radical (unpaired) electrons. The quantitative estimate of drug-likeness (QED) is 0.858. The molecule has 2 aromatic rings. The van der Waals surface area contributed by atoms with Crippen molar-refractivity contribution in [2.24, 2.45) is 0 Å². The molecule has 0 spiro atoms. The molecule has 0 amide bonds. The van der Waals surface area contributed by atoms with Gasteiger partial charge in [-0.25, -0.2) is 4.98 Å². The molecule has 0 saturated heterocycles. The largest absolute Gasteiger partial charge is 0.478 e. The number of rotatable bonds is 3. The monoisotopic (exact) mass is 227 g/mol. The number of hydrogen-bond donors (Lipinski definition) is 1. The van der Waals surface area contributed by atoms with Gasteiger partial charge >= 0.3 is 0 Å². The smallest absolute Gasteiger partial charge is 0.251 e. The Bertz CT molecular complexity index is 613. The molecule has 2 rings (SSSR count). The molecule has 0 bridgehead atoms. The minimum Gasteiger partial charge on any atom is -0.478 e. The van der Waals surface area contributed by atoms with E-state index >= 15 is 0 Å². The van der Waals surface area contributed by atoms with Crippen LogP contribution in [0.15, 0.2) is 41.3 Å². The number of benzene rings is 1. The number of H-pyrrole nitrogens is 1. The fourth-order valence-electron chi connectivity index (χ4n) is 1.41. The first kappa shape index (κ1) is 10.9. The van der Waals surface area contributed by atoms with E-state index in [-0.39, 0.29) is 12.2 Å². The van der Waals surface area contributed by atoms with E-state index in [0.29, 0.717) is 17.1 Å². The third-order valence-electron chi connectivity index (χ3n) is 2.11. The summed E-state index contributed by atoms with van der Waals surface area (Å²) in [4.78, 5) is 17.9. The van der Waals surface area contributed by atoms with E-state index in [1.807, 2.05) is 12.1 Å². The second-order valence-electron chi connectivity index (χ2n) is 3.23. The van der Waals surface area contributed by atoms with Crippen molar-refractivity contribution in [3.05, 3.63) is 46.9 Å². The van der Waals surface area contributed by atoms with Gasteiger partial charge in [-0.05, 0) is 12.1 Å². The second kappa shape index (κ2) is 4.94. The lowest BCUT2D eigenvalue weighted by molar-refractivity contribution is 0.369. The molecular weight excluding hydrogens is 218 g/mol. The Labute approximate surface area is 97.3 Å². The Morgan fingerprint density at radius 2 is 2.18 bits per heavy atom. The van der Waals surface area contributed by atoms with Crippen molar-refractivity contribution in [3.63, 3.8) is 0 Å². The van der Waals surface area contributed by atoms with Crippen molar-refractivity contribution in [1.82, 2.24) is 9.97 Å². The van der Waals surface area contributed by atoms with Gasteiger partial charge < -0.3 is 9.72 Å². The van der Waals surface area contributed by atoms with Crippen LogP contribution in [0.25, 0.3) is 11.4 Å². The van der Waals surface area contributed by atoms with Crippen LogP contribution in [-0.4, -0.2) is 16.6 Å². The topological polar surface area (TPSA) is 78.8 Å². The van der Waals surface area contributed by atoms with Crippen molar-refractivity contribution in [3.8, 4) is 23.2 Å². The van der Waals surface area contributed by atoms with E-state index < -0.39 is 0 Å². The predicted octanol–water partition coefficient (Wildman–Crippen LogP) is 1.34. The number of hydrogen-bond acceptors (Lipinski definition) is 4. The average molecular weight is 227 g/mol. The van der Waals surface area contributed by atoms with Crippen LogP contribution < -0.4 is 10.3 Å². The molecule has 0 atom stereocenters. The maximum Gasteiger partial charge on any atom is 0.251 e. The summed E-state index contributed by atoms with van der Waals surface area (Å²) in [5.41, 5.74) is 0.422. The van der Waals surface area contributed by atoms with E-state index in [9.17, 15) is 4.79 Å². The summed E-state index contributed by atoms with van der Waals surface area (Å²) in [6, 6.07) is 10.3. The first-order valence-corrected chi connectivity index (χ1v) is 4.96. The Kier molecular flexibility index (Phi) is 3.17. The number of nitrogens with zero attached hydrogens (tertiary/aromatic N) is 2. The molecule has 1 aromatic heterocycles. The average Bonchev–Trinajstić information content (AvgIpc) is 2.37. The van der Waals surface area contributed by atoms with Crippen LogP contribution in [-0.2, 0) is 0 Å². The molecule has 0 aliphatic carbocycles. The van der Waals surface area contributed by atoms with Crippen LogP contribution in [0.4, 0.5) is 0 Å². The summed E-state index contributed by atoms with van der Waals surface area (Å²) in [5, 5.41) is 8.48. The lowest BCUT2D eigenvalue weighted by Gasteiger charge is -2.07. The van der Waals surface area contributed by atoms with Crippen LogP contribution in [0.5, 0.6) is 5.75 Å². The van der Waals surface area contributed by atoms with Gasteiger partial charge in [0.15, 0.2) is 6.61 Å². The van der Waals surface area contributed by atoms with Gasteiger partial charge in [-0.1, -0.05) is 12.1 Å². The van der Waals surface area contributed by atoms with Gasteiger partial charge in [0.05, 0.1) is 5.56 Å². The molecule has 0 aliphatic heterocycles.